The Morgan fingerprint density at radius 3 is 2.71 bits per heavy atom. The van der Waals surface area contributed by atoms with E-state index >= 15 is 0 Å². The van der Waals surface area contributed by atoms with Crippen LogP contribution in [-0.2, 0) is 11.2 Å². The SMILES string of the molecule is CCOc1ccccc1-c1nc(CC(=O)Nc2cccc3ccccc23)cs1. The van der Waals surface area contributed by atoms with Crippen molar-refractivity contribution in [1.82, 2.24) is 4.98 Å². The molecule has 28 heavy (non-hydrogen) atoms. The van der Waals surface area contributed by atoms with E-state index in [4.69, 9.17) is 4.74 Å². The minimum absolute atomic E-state index is 0.0775. The lowest BCUT2D eigenvalue weighted by Gasteiger charge is -2.08. The van der Waals surface area contributed by atoms with Gasteiger partial charge in [-0.1, -0.05) is 48.5 Å². The number of ether oxygens (including phenoxy) is 1. The molecule has 0 aliphatic heterocycles. The minimum atomic E-state index is -0.0775. The number of carbonyl (C=O) groups excluding carboxylic acids is 1. The van der Waals surface area contributed by atoms with E-state index < -0.39 is 0 Å². The molecule has 0 atom stereocenters. The fraction of sp³-hybridized carbons (Fsp3) is 0.130. The summed E-state index contributed by atoms with van der Waals surface area (Å²) in [5.74, 6) is 0.734. The summed E-state index contributed by atoms with van der Waals surface area (Å²) in [6.07, 6.45) is 0.233. The minimum Gasteiger partial charge on any atom is -0.493 e. The maximum absolute atomic E-state index is 12.6. The molecule has 0 unspecified atom stereocenters. The van der Waals surface area contributed by atoms with Crippen molar-refractivity contribution in [3.8, 4) is 16.3 Å². The lowest BCUT2D eigenvalue weighted by Crippen LogP contribution is -2.14. The second kappa shape index (κ2) is 8.23. The number of nitrogens with zero attached hydrogens (tertiary/aromatic N) is 1. The van der Waals surface area contributed by atoms with Gasteiger partial charge in [0.25, 0.3) is 0 Å². The van der Waals surface area contributed by atoms with Crippen molar-refractivity contribution in [2.24, 2.45) is 0 Å². The molecule has 4 rings (SSSR count). The molecule has 0 bridgehead atoms. The van der Waals surface area contributed by atoms with Gasteiger partial charge in [0.15, 0.2) is 0 Å². The number of nitrogens with one attached hydrogen (secondary N) is 1. The Bertz CT molecular complexity index is 1120. The third-order valence-electron chi connectivity index (χ3n) is 4.37. The van der Waals surface area contributed by atoms with Gasteiger partial charge in [0.2, 0.25) is 5.91 Å². The summed E-state index contributed by atoms with van der Waals surface area (Å²) in [7, 11) is 0. The molecule has 1 N–H and O–H groups in total. The van der Waals surface area contributed by atoms with Crippen LogP contribution < -0.4 is 10.1 Å². The van der Waals surface area contributed by atoms with Gasteiger partial charge < -0.3 is 10.1 Å². The monoisotopic (exact) mass is 388 g/mol. The molecule has 140 valence electrons. The topological polar surface area (TPSA) is 51.2 Å². The first-order chi connectivity index (χ1) is 13.7. The van der Waals surface area contributed by atoms with Crippen LogP contribution in [0.5, 0.6) is 5.75 Å². The van der Waals surface area contributed by atoms with Crippen molar-refractivity contribution in [2.45, 2.75) is 13.3 Å². The zero-order valence-electron chi connectivity index (χ0n) is 15.5. The predicted octanol–water partition coefficient (Wildman–Crippen LogP) is 5.54. The van der Waals surface area contributed by atoms with Gasteiger partial charge in [-0.15, -0.1) is 11.3 Å². The van der Waals surface area contributed by atoms with Crippen molar-refractivity contribution in [2.75, 3.05) is 11.9 Å². The first kappa shape index (κ1) is 18.2. The molecule has 5 heteroatoms. The number of benzene rings is 3. The maximum Gasteiger partial charge on any atom is 0.230 e. The average Bonchev–Trinajstić information content (AvgIpc) is 3.17. The van der Waals surface area contributed by atoms with E-state index in [-0.39, 0.29) is 12.3 Å². The van der Waals surface area contributed by atoms with Gasteiger partial charge in [-0.3, -0.25) is 4.79 Å². The highest BCUT2D eigenvalue weighted by Crippen LogP contribution is 2.32. The molecular formula is C23H20N2O2S. The van der Waals surface area contributed by atoms with Crippen molar-refractivity contribution in [3.63, 3.8) is 0 Å². The third-order valence-corrected chi connectivity index (χ3v) is 5.30. The first-order valence-corrected chi connectivity index (χ1v) is 10.1. The number of rotatable bonds is 6. The standard InChI is InChI=1S/C23H20N2O2S/c1-2-27-21-13-6-5-11-19(21)23-24-17(15-28-23)14-22(26)25-20-12-7-9-16-8-3-4-10-18(16)20/h3-13,15H,2,14H2,1H3,(H,25,26). The lowest BCUT2D eigenvalue weighted by atomic mass is 10.1. The molecule has 0 aliphatic rings. The Hall–Kier alpha value is -3.18. The summed E-state index contributed by atoms with van der Waals surface area (Å²) in [5, 5.41) is 7.94. The number of thiazole rings is 1. The molecular weight excluding hydrogens is 368 g/mol. The van der Waals surface area contributed by atoms with Crippen molar-refractivity contribution in [1.29, 1.82) is 0 Å². The van der Waals surface area contributed by atoms with Crippen molar-refractivity contribution in [3.05, 3.63) is 77.8 Å². The van der Waals surface area contributed by atoms with Crippen LogP contribution in [0.4, 0.5) is 5.69 Å². The third kappa shape index (κ3) is 3.89. The summed E-state index contributed by atoms with van der Waals surface area (Å²) in [6.45, 7) is 2.56. The molecule has 0 aliphatic carbocycles. The Balaban J connectivity index is 1.50. The largest absolute Gasteiger partial charge is 0.493 e. The zero-order valence-corrected chi connectivity index (χ0v) is 16.3. The number of para-hydroxylation sites is 1. The van der Waals surface area contributed by atoms with Gasteiger partial charge in [-0.05, 0) is 30.5 Å². The highest BCUT2D eigenvalue weighted by molar-refractivity contribution is 7.13. The summed E-state index contributed by atoms with van der Waals surface area (Å²) in [5.41, 5.74) is 2.53. The summed E-state index contributed by atoms with van der Waals surface area (Å²) in [4.78, 5) is 17.2. The summed E-state index contributed by atoms with van der Waals surface area (Å²) in [6, 6.07) is 21.8. The summed E-state index contributed by atoms with van der Waals surface area (Å²) < 4.78 is 5.69. The Kier molecular flexibility index (Phi) is 5.35. The molecule has 1 heterocycles. The van der Waals surface area contributed by atoms with Crippen LogP contribution in [-0.4, -0.2) is 17.5 Å². The number of carbonyl (C=O) groups is 1. The molecule has 0 saturated heterocycles. The van der Waals surface area contributed by atoms with Crippen LogP contribution in [0, 0.1) is 0 Å². The van der Waals surface area contributed by atoms with Crippen molar-refractivity contribution >= 4 is 33.7 Å². The Morgan fingerprint density at radius 1 is 1.04 bits per heavy atom. The number of hydrogen-bond donors (Lipinski definition) is 1. The highest BCUT2D eigenvalue weighted by Gasteiger charge is 2.13. The Labute approximate surface area is 167 Å². The van der Waals surface area contributed by atoms with Crippen molar-refractivity contribution < 1.29 is 9.53 Å². The second-order valence-corrected chi connectivity index (χ2v) is 7.18. The average molecular weight is 388 g/mol. The fourth-order valence-corrected chi connectivity index (χ4v) is 3.98. The number of amides is 1. The molecule has 0 spiro atoms. The number of aromatic nitrogens is 1. The van der Waals surface area contributed by atoms with Crippen LogP contribution in [0.25, 0.3) is 21.3 Å². The van der Waals surface area contributed by atoms with E-state index in [0.717, 1.165) is 38.5 Å². The lowest BCUT2D eigenvalue weighted by molar-refractivity contribution is -0.115. The van der Waals surface area contributed by atoms with Gasteiger partial charge >= 0.3 is 0 Å². The van der Waals surface area contributed by atoms with Gasteiger partial charge in [0.1, 0.15) is 10.8 Å². The van der Waals surface area contributed by atoms with E-state index in [9.17, 15) is 4.79 Å². The summed E-state index contributed by atoms with van der Waals surface area (Å²) >= 11 is 1.52. The molecule has 4 nitrogen and oxygen atoms in total. The molecule has 4 aromatic rings. The normalized spacial score (nSPS) is 10.8. The molecule has 3 aromatic carbocycles. The highest BCUT2D eigenvalue weighted by atomic mass is 32.1. The van der Waals surface area contributed by atoms with E-state index in [2.05, 4.69) is 10.3 Å². The molecule has 0 radical (unpaired) electrons. The van der Waals surface area contributed by atoms with Crippen LogP contribution in [0.2, 0.25) is 0 Å². The quantitative estimate of drug-likeness (QED) is 0.472. The van der Waals surface area contributed by atoms with Crippen LogP contribution in [0.1, 0.15) is 12.6 Å². The molecule has 0 saturated carbocycles. The second-order valence-electron chi connectivity index (χ2n) is 6.32. The molecule has 1 aromatic heterocycles. The maximum atomic E-state index is 12.6. The number of fused-ring (bicyclic) bond motifs is 1. The zero-order chi connectivity index (χ0) is 19.3. The molecule has 1 amide bonds. The number of anilines is 1. The van der Waals surface area contributed by atoms with E-state index in [1.165, 1.54) is 11.3 Å². The van der Waals surface area contributed by atoms with E-state index in [1.807, 2.05) is 79.0 Å². The van der Waals surface area contributed by atoms with Gasteiger partial charge in [-0.2, -0.15) is 0 Å². The van der Waals surface area contributed by atoms with Gasteiger partial charge in [-0.25, -0.2) is 4.98 Å². The number of hydrogen-bond acceptors (Lipinski definition) is 4. The van der Waals surface area contributed by atoms with Gasteiger partial charge in [0, 0.05) is 16.5 Å². The van der Waals surface area contributed by atoms with Crippen LogP contribution in [0.15, 0.2) is 72.1 Å². The predicted molar refractivity (Wildman–Crippen MR) is 115 cm³/mol. The molecule has 0 fully saturated rings. The van der Waals surface area contributed by atoms with Crippen LogP contribution in [0.3, 0.4) is 0 Å². The Morgan fingerprint density at radius 2 is 1.82 bits per heavy atom. The van der Waals surface area contributed by atoms with Gasteiger partial charge in [0.05, 0.1) is 24.3 Å². The van der Waals surface area contributed by atoms with Crippen LogP contribution >= 0.6 is 11.3 Å². The first-order valence-electron chi connectivity index (χ1n) is 9.19. The van der Waals surface area contributed by atoms with E-state index in [0.29, 0.717) is 6.61 Å². The fourth-order valence-electron chi connectivity index (χ4n) is 3.13. The smallest absolute Gasteiger partial charge is 0.230 e. The van der Waals surface area contributed by atoms with E-state index in [1.54, 1.807) is 0 Å².